The highest BCUT2D eigenvalue weighted by molar-refractivity contribution is 6.08. The number of piperidine rings is 1. The molecule has 1 saturated heterocycles. The Morgan fingerprint density at radius 2 is 1.90 bits per heavy atom. The van der Waals surface area contributed by atoms with Crippen molar-refractivity contribution in [1.29, 1.82) is 0 Å². The van der Waals surface area contributed by atoms with E-state index < -0.39 is 11.5 Å². The van der Waals surface area contributed by atoms with Crippen molar-refractivity contribution in [2.45, 2.75) is 45.4 Å². The summed E-state index contributed by atoms with van der Waals surface area (Å²) >= 11 is 0. The Hall–Kier alpha value is -2.35. The highest BCUT2D eigenvalue weighted by Gasteiger charge is 2.24. The van der Waals surface area contributed by atoms with E-state index in [9.17, 15) is 14.4 Å². The van der Waals surface area contributed by atoms with Crippen molar-refractivity contribution in [3.63, 3.8) is 0 Å². The third kappa shape index (κ3) is 5.29. The maximum atomic E-state index is 12.9. The van der Waals surface area contributed by atoms with Gasteiger partial charge in [0.25, 0.3) is 5.91 Å². The van der Waals surface area contributed by atoms with E-state index in [1.54, 1.807) is 19.1 Å². The fourth-order valence-corrected chi connectivity index (χ4v) is 4.14. The van der Waals surface area contributed by atoms with Gasteiger partial charge in [-0.25, -0.2) is 4.79 Å². The van der Waals surface area contributed by atoms with Gasteiger partial charge < -0.3 is 20.4 Å². The number of fused-ring (bicyclic) bond motifs is 1. The molecule has 4 rings (SSSR count). The second kappa shape index (κ2) is 10.3. The molecule has 3 heterocycles. The van der Waals surface area contributed by atoms with Gasteiger partial charge in [-0.05, 0) is 68.5 Å². The molecule has 1 atom stereocenters. The minimum absolute atomic E-state index is 0. The summed E-state index contributed by atoms with van der Waals surface area (Å²) < 4.78 is 5.51. The molecule has 7 nitrogen and oxygen atoms in total. The van der Waals surface area contributed by atoms with Crippen LogP contribution in [0.15, 0.2) is 27.4 Å². The van der Waals surface area contributed by atoms with Gasteiger partial charge in [-0.15, -0.1) is 24.8 Å². The van der Waals surface area contributed by atoms with Gasteiger partial charge in [0, 0.05) is 18.9 Å². The predicted molar refractivity (Wildman–Crippen MR) is 125 cm³/mol. The van der Waals surface area contributed by atoms with Crippen LogP contribution in [0.5, 0.6) is 0 Å². The van der Waals surface area contributed by atoms with Crippen molar-refractivity contribution in [2.75, 3.05) is 23.7 Å². The zero-order chi connectivity index (χ0) is 20.5. The summed E-state index contributed by atoms with van der Waals surface area (Å²) in [4.78, 5) is 37.4. The lowest BCUT2D eigenvalue weighted by Gasteiger charge is -2.22. The summed E-state index contributed by atoms with van der Waals surface area (Å²) in [5.74, 6) is 0.151. The van der Waals surface area contributed by atoms with Crippen LogP contribution in [0.25, 0.3) is 0 Å². The summed E-state index contributed by atoms with van der Waals surface area (Å²) in [6, 6.07) is 5.58. The first kappa shape index (κ1) is 24.9. The Kier molecular flexibility index (Phi) is 8.28. The summed E-state index contributed by atoms with van der Waals surface area (Å²) in [7, 11) is 0. The number of rotatable bonds is 3. The van der Waals surface area contributed by atoms with Gasteiger partial charge in [0.1, 0.15) is 11.3 Å². The minimum atomic E-state index is -0.631. The molecular formula is C22H27Cl2N3O4. The standard InChI is InChI=1S/C22H25N3O4.2ClH/c1-12-8-14-5-6-18(26)25-20(14)16(9-12)24-21(27)19-13(2)10-17(29-22(19)28)15-4-3-7-23-11-15;;/h8-10,15,23H,3-7,11H2,1-2H3,(H,24,27)(H,25,26);2*1H. The van der Waals surface area contributed by atoms with E-state index in [2.05, 4.69) is 16.0 Å². The molecule has 2 aliphatic heterocycles. The van der Waals surface area contributed by atoms with Crippen LogP contribution in [0.3, 0.4) is 0 Å². The highest BCUT2D eigenvalue weighted by atomic mass is 35.5. The topological polar surface area (TPSA) is 100 Å². The molecule has 1 aromatic heterocycles. The maximum absolute atomic E-state index is 12.9. The molecule has 1 aromatic carbocycles. The molecule has 3 N–H and O–H groups in total. The van der Waals surface area contributed by atoms with Crippen LogP contribution in [0.2, 0.25) is 0 Å². The van der Waals surface area contributed by atoms with Crippen LogP contribution < -0.4 is 21.6 Å². The molecule has 168 valence electrons. The number of hydrogen-bond donors (Lipinski definition) is 3. The Labute approximate surface area is 193 Å². The van der Waals surface area contributed by atoms with E-state index in [0.29, 0.717) is 35.5 Å². The smallest absolute Gasteiger partial charge is 0.349 e. The van der Waals surface area contributed by atoms with Gasteiger partial charge in [0.05, 0.1) is 11.4 Å². The molecule has 0 radical (unpaired) electrons. The molecule has 0 saturated carbocycles. The van der Waals surface area contributed by atoms with Crippen molar-refractivity contribution >= 4 is 48.0 Å². The fourth-order valence-electron chi connectivity index (χ4n) is 4.14. The summed E-state index contributed by atoms with van der Waals surface area (Å²) in [6.45, 7) is 5.42. The monoisotopic (exact) mass is 467 g/mol. The second-order valence-corrected chi connectivity index (χ2v) is 7.89. The van der Waals surface area contributed by atoms with Gasteiger partial charge in [-0.3, -0.25) is 9.59 Å². The molecule has 1 unspecified atom stereocenters. The number of carbonyl (C=O) groups excluding carboxylic acids is 2. The third-order valence-corrected chi connectivity index (χ3v) is 5.59. The first-order valence-electron chi connectivity index (χ1n) is 10.0. The van der Waals surface area contributed by atoms with Crippen molar-refractivity contribution < 1.29 is 14.0 Å². The molecular weight excluding hydrogens is 441 g/mol. The van der Waals surface area contributed by atoms with E-state index in [-0.39, 0.29) is 42.2 Å². The zero-order valence-corrected chi connectivity index (χ0v) is 19.1. The molecule has 0 spiro atoms. The largest absolute Gasteiger partial charge is 0.427 e. The predicted octanol–water partition coefficient (Wildman–Crippen LogP) is 3.70. The van der Waals surface area contributed by atoms with Crippen LogP contribution in [-0.4, -0.2) is 24.9 Å². The number of amides is 2. The lowest BCUT2D eigenvalue weighted by Crippen LogP contribution is -2.30. The van der Waals surface area contributed by atoms with Crippen LogP contribution in [0.1, 0.15) is 58.0 Å². The molecule has 2 aromatic rings. The van der Waals surface area contributed by atoms with Gasteiger partial charge in [-0.1, -0.05) is 6.07 Å². The van der Waals surface area contributed by atoms with Crippen molar-refractivity contribution in [2.24, 2.45) is 0 Å². The average molecular weight is 468 g/mol. The van der Waals surface area contributed by atoms with Crippen LogP contribution >= 0.6 is 24.8 Å². The molecule has 0 aliphatic carbocycles. The van der Waals surface area contributed by atoms with E-state index in [4.69, 9.17) is 4.42 Å². The van der Waals surface area contributed by atoms with Gasteiger partial charge >= 0.3 is 5.63 Å². The molecule has 1 fully saturated rings. The van der Waals surface area contributed by atoms with Crippen molar-refractivity contribution in [1.82, 2.24) is 5.32 Å². The summed E-state index contributed by atoms with van der Waals surface area (Å²) in [6.07, 6.45) is 3.02. The number of benzene rings is 1. The third-order valence-electron chi connectivity index (χ3n) is 5.59. The number of carbonyl (C=O) groups is 2. The van der Waals surface area contributed by atoms with Gasteiger partial charge in [0.2, 0.25) is 5.91 Å². The Bertz CT molecular complexity index is 1050. The molecule has 2 aliphatic rings. The number of aryl methyl sites for hydroxylation is 3. The van der Waals surface area contributed by atoms with Crippen LogP contribution in [0, 0.1) is 13.8 Å². The van der Waals surface area contributed by atoms with Crippen molar-refractivity contribution in [3.8, 4) is 0 Å². The van der Waals surface area contributed by atoms with E-state index in [1.165, 1.54) is 0 Å². The Morgan fingerprint density at radius 3 is 2.58 bits per heavy atom. The van der Waals surface area contributed by atoms with Crippen LogP contribution in [0.4, 0.5) is 11.4 Å². The summed E-state index contributed by atoms with van der Waals surface area (Å²) in [5.41, 5.74) is 3.00. The lowest BCUT2D eigenvalue weighted by atomic mass is 9.95. The quantitative estimate of drug-likeness (QED) is 0.638. The van der Waals surface area contributed by atoms with Crippen LogP contribution in [-0.2, 0) is 11.2 Å². The molecule has 9 heteroatoms. The zero-order valence-electron chi connectivity index (χ0n) is 17.5. The Morgan fingerprint density at radius 1 is 1.13 bits per heavy atom. The minimum Gasteiger partial charge on any atom is -0.427 e. The number of hydrogen-bond acceptors (Lipinski definition) is 5. The maximum Gasteiger partial charge on any atom is 0.349 e. The summed E-state index contributed by atoms with van der Waals surface area (Å²) in [5, 5.41) is 8.94. The van der Waals surface area contributed by atoms with Gasteiger partial charge in [0.15, 0.2) is 0 Å². The fraction of sp³-hybridized carbons (Fsp3) is 0.409. The van der Waals surface area contributed by atoms with Crippen molar-refractivity contribution in [3.05, 3.63) is 56.6 Å². The molecule has 31 heavy (non-hydrogen) atoms. The Balaban J connectivity index is 0.00000171. The first-order chi connectivity index (χ1) is 13.9. The normalized spacial score (nSPS) is 17.5. The molecule has 0 bridgehead atoms. The SMILES string of the molecule is Cc1cc2c(c(NC(=O)c3c(C)cc(C4CCCNC4)oc3=O)c1)NC(=O)CC2.Cl.Cl. The van der Waals surface area contributed by atoms with Gasteiger partial charge in [-0.2, -0.15) is 0 Å². The average Bonchev–Trinajstić information content (AvgIpc) is 2.68. The highest BCUT2D eigenvalue weighted by Crippen LogP contribution is 2.32. The number of nitrogens with one attached hydrogen (secondary N) is 3. The number of halogens is 2. The second-order valence-electron chi connectivity index (χ2n) is 7.89. The van der Waals surface area contributed by atoms with E-state index in [0.717, 1.165) is 37.1 Å². The lowest BCUT2D eigenvalue weighted by molar-refractivity contribution is -0.116. The van der Waals surface area contributed by atoms with E-state index in [1.807, 2.05) is 13.0 Å². The molecule has 2 amide bonds. The first-order valence-corrected chi connectivity index (χ1v) is 10.0. The number of anilines is 2. The van der Waals surface area contributed by atoms with E-state index >= 15 is 0 Å².